The number of anilines is 1. The SMILES string of the molecule is COc1ccc([N+](=O)[O-])cc1NC(=O)c1ccc(OCC(C)C)c(Br)c1. The molecule has 0 aliphatic rings. The number of carbonyl (C=O) groups excluding carboxylic acids is 1. The zero-order chi connectivity index (χ0) is 19.3. The maximum absolute atomic E-state index is 12.5. The summed E-state index contributed by atoms with van der Waals surface area (Å²) in [5.74, 6) is 0.939. The van der Waals surface area contributed by atoms with E-state index in [2.05, 4.69) is 21.2 Å². The van der Waals surface area contributed by atoms with Crippen LogP contribution in [0.1, 0.15) is 24.2 Å². The average molecular weight is 423 g/mol. The van der Waals surface area contributed by atoms with Gasteiger partial charge < -0.3 is 14.8 Å². The van der Waals surface area contributed by atoms with Crippen LogP contribution in [0.5, 0.6) is 11.5 Å². The molecule has 0 bridgehead atoms. The molecule has 0 aliphatic carbocycles. The van der Waals surface area contributed by atoms with Gasteiger partial charge in [0.25, 0.3) is 11.6 Å². The van der Waals surface area contributed by atoms with Crippen LogP contribution in [0.4, 0.5) is 11.4 Å². The summed E-state index contributed by atoms with van der Waals surface area (Å²) in [4.78, 5) is 22.9. The minimum absolute atomic E-state index is 0.139. The summed E-state index contributed by atoms with van der Waals surface area (Å²) in [5.41, 5.74) is 0.463. The number of halogens is 1. The molecule has 1 amide bonds. The Balaban J connectivity index is 2.21. The summed E-state index contributed by atoms with van der Waals surface area (Å²) < 4.78 is 11.5. The number of non-ortho nitro benzene ring substituents is 1. The first-order valence-corrected chi connectivity index (χ1v) is 8.67. The third kappa shape index (κ3) is 4.95. The lowest BCUT2D eigenvalue weighted by Gasteiger charge is -2.12. The molecular formula is C18H19BrN2O5. The molecule has 0 atom stereocenters. The molecule has 0 fully saturated rings. The van der Waals surface area contributed by atoms with Gasteiger partial charge in [0.05, 0.1) is 28.8 Å². The van der Waals surface area contributed by atoms with Crippen LogP contribution in [0.3, 0.4) is 0 Å². The smallest absolute Gasteiger partial charge is 0.271 e. The van der Waals surface area contributed by atoms with Gasteiger partial charge in [-0.1, -0.05) is 13.8 Å². The van der Waals surface area contributed by atoms with Crippen LogP contribution in [-0.2, 0) is 0 Å². The molecule has 0 aromatic heterocycles. The Kier molecular flexibility index (Phi) is 6.57. The first-order valence-electron chi connectivity index (χ1n) is 7.88. The number of rotatable bonds is 7. The monoisotopic (exact) mass is 422 g/mol. The van der Waals surface area contributed by atoms with Crippen molar-refractivity contribution in [3.05, 3.63) is 56.5 Å². The zero-order valence-corrected chi connectivity index (χ0v) is 16.2. The number of hydrogen-bond donors (Lipinski definition) is 1. The van der Waals surface area contributed by atoms with E-state index in [1.165, 1.54) is 25.3 Å². The summed E-state index contributed by atoms with van der Waals surface area (Å²) in [6.45, 7) is 4.65. The molecule has 0 unspecified atom stereocenters. The van der Waals surface area contributed by atoms with Crippen LogP contribution in [0.2, 0.25) is 0 Å². The highest BCUT2D eigenvalue weighted by molar-refractivity contribution is 9.10. The second kappa shape index (κ2) is 8.66. The molecule has 7 nitrogen and oxygen atoms in total. The highest BCUT2D eigenvalue weighted by Crippen LogP contribution is 2.30. The number of amides is 1. The third-order valence-electron chi connectivity index (χ3n) is 3.41. The molecule has 2 rings (SSSR count). The fraction of sp³-hybridized carbons (Fsp3) is 0.278. The van der Waals surface area contributed by atoms with Crippen LogP contribution in [0, 0.1) is 16.0 Å². The molecule has 0 saturated heterocycles. The molecule has 0 aliphatic heterocycles. The number of nitrogens with zero attached hydrogens (tertiary/aromatic N) is 1. The summed E-state index contributed by atoms with van der Waals surface area (Å²) >= 11 is 3.39. The second-order valence-electron chi connectivity index (χ2n) is 5.95. The molecular weight excluding hydrogens is 404 g/mol. The van der Waals surface area contributed by atoms with Crippen molar-refractivity contribution in [2.75, 3.05) is 19.0 Å². The van der Waals surface area contributed by atoms with Crippen LogP contribution < -0.4 is 14.8 Å². The van der Waals surface area contributed by atoms with Gasteiger partial charge in [0, 0.05) is 17.7 Å². The van der Waals surface area contributed by atoms with Gasteiger partial charge in [-0.15, -0.1) is 0 Å². The Morgan fingerprint density at radius 3 is 2.50 bits per heavy atom. The van der Waals surface area contributed by atoms with Crippen molar-refractivity contribution in [3.8, 4) is 11.5 Å². The van der Waals surface area contributed by atoms with Crippen molar-refractivity contribution in [3.63, 3.8) is 0 Å². The molecule has 8 heteroatoms. The Morgan fingerprint density at radius 1 is 1.23 bits per heavy atom. The van der Waals surface area contributed by atoms with E-state index >= 15 is 0 Å². The summed E-state index contributed by atoms with van der Waals surface area (Å²) in [7, 11) is 1.42. The van der Waals surface area contributed by atoms with E-state index in [1.54, 1.807) is 18.2 Å². The molecule has 2 aromatic carbocycles. The number of nitro benzene ring substituents is 1. The van der Waals surface area contributed by atoms with Crippen molar-refractivity contribution in [1.29, 1.82) is 0 Å². The van der Waals surface area contributed by atoms with Gasteiger partial charge in [0.15, 0.2) is 0 Å². The number of nitro groups is 1. The van der Waals surface area contributed by atoms with Gasteiger partial charge in [-0.3, -0.25) is 14.9 Å². The van der Waals surface area contributed by atoms with Gasteiger partial charge in [-0.05, 0) is 46.1 Å². The number of nitrogens with one attached hydrogen (secondary N) is 1. The van der Waals surface area contributed by atoms with E-state index in [0.29, 0.717) is 34.1 Å². The van der Waals surface area contributed by atoms with E-state index in [1.807, 2.05) is 13.8 Å². The lowest BCUT2D eigenvalue weighted by Crippen LogP contribution is -2.13. The zero-order valence-electron chi connectivity index (χ0n) is 14.6. The van der Waals surface area contributed by atoms with Crippen LogP contribution in [0.15, 0.2) is 40.9 Å². The van der Waals surface area contributed by atoms with E-state index in [4.69, 9.17) is 9.47 Å². The molecule has 1 N–H and O–H groups in total. The fourth-order valence-electron chi connectivity index (χ4n) is 2.12. The molecule has 138 valence electrons. The maximum atomic E-state index is 12.5. The predicted octanol–water partition coefficient (Wildman–Crippen LogP) is 4.65. The summed E-state index contributed by atoms with van der Waals surface area (Å²) in [6, 6.07) is 8.96. The van der Waals surface area contributed by atoms with Crippen LogP contribution in [0.25, 0.3) is 0 Å². The van der Waals surface area contributed by atoms with Gasteiger partial charge in [-0.25, -0.2) is 0 Å². The van der Waals surface area contributed by atoms with Gasteiger partial charge in [0.2, 0.25) is 0 Å². The molecule has 0 heterocycles. The van der Waals surface area contributed by atoms with Crippen molar-refractivity contribution in [2.24, 2.45) is 5.92 Å². The lowest BCUT2D eigenvalue weighted by atomic mass is 10.2. The number of carbonyl (C=O) groups is 1. The summed E-state index contributed by atoms with van der Waals surface area (Å²) in [6.07, 6.45) is 0. The van der Waals surface area contributed by atoms with Crippen molar-refractivity contribution in [1.82, 2.24) is 0 Å². The standard InChI is InChI=1S/C18H19BrN2O5/c1-11(2)10-26-16-6-4-12(8-14(16)19)18(22)20-15-9-13(21(23)24)5-7-17(15)25-3/h4-9,11H,10H2,1-3H3,(H,20,22). The third-order valence-corrected chi connectivity index (χ3v) is 4.03. The van der Waals surface area contributed by atoms with Crippen molar-refractivity contribution in [2.45, 2.75) is 13.8 Å². The van der Waals surface area contributed by atoms with E-state index in [9.17, 15) is 14.9 Å². The lowest BCUT2D eigenvalue weighted by molar-refractivity contribution is -0.384. The molecule has 0 radical (unpaired) electrons. The molecule has 2 aromatic rings. The number of hydrogen-bond acceptors (Lipinski definition) is 5. The number of methoxy groups -OCH3 is 1. The molecule has 26 heavy (non-hydrogen) atoms. The van der Waals surface area contributed by atoms with E-state index in [-0.39, 0.29) is 11.4 Å². The van der Waals surface area contributed by atoms with E-state index < -0.39 is 10.8 Å². The minimum atomic E-state index is -0.535. The fourth-order valence-corrected chi connectivity index (χ4v) is 2.61. The molecule has 0 spiro atoms. The first-order chi connectivity index (χ1) is 12.3. The quantitative estimate of drug-likeness (QED) is 0.517. The van der Waals surface area contributed by atoms with Crippen molar-refractivity contribution < 1.29 is 19.2 Å². The van der Waals surface area contributed by atoms with Crippen molar-refractivity contribution >= 4 is 33.2 Å². The minimum Gasteiger partial charge on any atom is -0.495 e. The Bertz CT molecular complexity index is 823. The number of benzene rings is 2. The highest BCUT2D eigenvalue weighted by Gasteiger charge is 2.16. The topological polar surface area (TPSA) is 90.7 Å². The highest BCUT2D eigenvalue weighted by atomic mass is 79.9. The first kappa shape index (κ1) is 19.7. The van der Waals surface area contributed by atoms with Gasteiger partial charge in [-0.2, -0.15) is 0 Å². The average Bonchev–Trinajstić information content (AvgIpc) is 2.60. The van der Waals surface area contributed by atoms with Gasteiger partial charge in [0.1, 0.15) is 11.5 Å². The van der Waals surface area contributed by atoms with E-state index in [0.717, 1.165) is 0 Å². The van der Waals surface area contributed by atoms with Gasteiger partial charge >= 0.3 is 0 Å². The summed E-state index contributed by atoms with van der Waals surface area (Å²) in [5, 5.41) is 13.6. The number of ether oxygens (including phenoxy) is 2. The second-order valence-corrected chi connectivity index (χ2v) is 6.80. The normalized spacial score (nSPS) is 10.5. The van der Waals surface area contributed by atoms with Crippen LogP contribution in [-0.4, -0.2) is 24.5 Å². The Morgan fingerprint density at radius 2 is 1.92 bits per heavy atom. The Labute approximate surface area is 159 Å². The molecule has 0 saturated carbocycles. The predicted molar refractivity (Wildman–Crippen MR) is 102 cm³/mol. The van der Waals surface area contributed by atoms with Crippen LogP contribution >= 0.6 is 15.9 Å². The maximum Gasteiger partial charge on any atom is 0.271 e. The largest absolute Gasteiger partial charge is 0.495 e. The Hall–Kier alpha value is -2.61.